The van der Waals surface area contributed by atoms with Crippen LogP contribution in [0.5, 0.6) is 0 Å². The van der Waals surface area contributed by atoms with Gasteiger partial charge in [-0.1, -0.05) is 6.92 Å². The zero-order valence-corrected chi connectivity index (χ0v) is 10.8. The number of ether oxygens (including phenoxy) is 1. The molecular formula is C13H17N3O3. The minimum absolute atomic E-state index is 0.0376. The number of anilines is 1. The molecule has 6 nitrogen and oxygen atoms in total. The van der Waals surface area contributed by atoms with E-state index in [-0.39, 0.29) is 23.4 Å². The van der Waals surface area contributed by atoms with Crippen LogP contribution in [0.1, 0.15) is 23.8 Å². The summed E-state index contributed by atoms with van der Waals surface area (Å²) < 4.78 is 5.31. The number of carbonyl (C=O) groups is 2. The van der Waals surface area contributed by atoms with Gasteiger partial charge in [-0.3, -0.25) is 9.59 Å². The molecule has 1 aromatic heterocycles. The van der Waals surface area contributed by atoms with E-state index in [1.807, 2.05) is 6.92 Å². The van der Waals surface area contributed by atoms with Crippen molar-refractivity contribution >= 4 is 17.5 Å². The van der Waals surface area contributed by atoms with Crippen molar-refractivity contribution in [2.75, 3.05) is 18.5 Å². The Bertz CT molecular complexity index is 473. The molecule has 1 aromatic rings. The van der Waals surface area contributed by atoms with Crippen molar-refractivity contribution in [2.24, 2.45) is 17.6 Å². The molecule has 2 unspecified atom stereocenters. The van der Waals surface area contributed by atoms with Crippen molar-refractivity contribution in [1.29, 1.82) is 0 Å². The van der Waals surface area contributed by atoms with E-state index in [1.54, 1.807) is 6.07 Å². The van der Waals surface area contributed by atoms with Gasteiger partial charge in [0.15, 0.2) is 0 Å². The second kappa shape index (κ2) is 5.79. The van der Waals surface area contributed by atoms with E-state index in [0.29, 0.717) is 18.9 Å². The summed E-state index contributed by atoms with van der Waals surface area (Å²) in [7, 11) is 0. The van der Waals surface area contributed by atoms with Crippen LogP contribution < -0.4 is 11.1 Å². The van der Waals surface area contributed by atoms with Gasteiger partial charge < -0.3 is 15.8 Å². The van der Waals surface area contributed by atoms with Crippen molar-refractivity contribution in [3.8, 4) is 0 Å². The number of nitrogens with zero attached hydrogens (tertiary/aromatic N) is 1. The average molecular weight is 263 g/mol. The van der Waals surface area contributed by atoms with Crippen molar-refractivity contribution in [1.82, 2.24) is 4.98 Å². The number of hydrogen-bond donors (Lipinski definition) is 2. The third-order valence-electron chi connectivity index (χ3n) is 3.26. The van der Waals surface area contributed by atoms with Crippen LogP contribution in [-0.4, -0.2) is 30.0 Å². The van der Waals surface area contributed by atoms with Gasteiger partial charge in [0.1, 0.15) is 5.69 Å². The SMILES string of the molecule is CC1COCCC1C(=O)Nc1ccc(C(N)=O)nc1. The third kappa shape index (κ3) is 3.29. The van der Waals surface area contributed by atoms with E-state index in [0.717, 1.165) is 6.42 Å². The van der Waals surface area contributed by atoms with E-state index in [4.69, 9.17) is 10.5 Å². The molecule has 1 saturated heterocycles. The highest BCUT2D eigenvalue weighted by atomic mass is 16.5. The molecule has 19 heavy (non-hydrogen) atoms. The van der Waals surface area contributed by atoms with Crippen LogP contribution in [0.2, 0.25) is 0 Å². The molecule has 2 atom stereocenters. The highest BCUT2D eigenvalue weighted by molar-refractivity contribution is 5.94. The number of rotatable bonds is 3. The summed E-state index contributed by atoms with van der Waals surface area (Å²) in [5, 5.41) is 2.80. The first-order valence-electron chi connectivity index (χ1n) is 6.22. The molecule has 0 aromatic carbocycles. The summed E-state index contributed by atoms with van der Waals surface area (Å²) in [6.07, 6.45) is 2.15. The Morgan fingerprint density at radius 1 is 1.47 bits per heavy atom. The fourth-order valence-corrected chi connectivity index (χ4v) is 2.12. The summed E-state index contributed by atoms with van der Waals surface area (Å²) in [5.41, 5.74) is 5.84. The van der Waals surface area contributed by atoms with Gasteiger partial charge in [-0.15, -0.1) is 0 Å². The molecule has 1 aliphatic rings. The summed E-state index contributed by atoms with van der Waals surface area (Å²) >= 11 is 0. The number of nitrogens with one attached hydrogen (secondary N) is 1. The number of carbonyl (C=O) groups excluding carboxylic acids is 2. The van der Waals surface area contributed by atoms with Crippen LogP contribution in [0.25, 0.3) is 0 Å². The van der Waals surface area contributed by atoms with Gasteiger partial charge in [-0.2, -0.15) is 0 Å². The minimum Gasteiger partial charge on any atom is -0.381 e. The molecular weight excluding hydrogens is 246 g/mol. The number of primary amides is 1. The first-order chi connectivity index (χ1) is 9.08. The molecule has 102 valence electrons. The monoisotopic (exact) mass is 263 g/mol. The molecule has 6 heteroatoms. The summed E-state index contributed by atoms with van der Waals surface area (Å²) in [4.78, 5) is 26.9. The summed E-state index contributed by atoms with van der Waals surface area (Å²) in [6, 6.07) is 3.11. The predicted octanol–water partition coefficient (Wildman–Crippen LogP) is 0.792. The number of aromatic nitrogens is 1. The van der Waals surface area contributed by atoms with E-state index in [2.05, 4.69) is 10.3 Å². The third-order valence-corrected chi connectivity index (χ3v) is 3.26. The molecule has 0 bridgehead atoms. The van der Waals surface area contributed by atoms with E-state index >= 15 is 0 Å². The quantitative estimate of drug-likeness (QED) is 0.843. The van der Waals surface area contributed by atoms with E-state index in [1.165, 1.54) is 12.3 Å². The van der Waals surface area contributed by atoms with Crippen LogP contribution in [0, 0.1) is 11.8 Å². The molecule has 0 radical (unpaired) electrons. The fraction of sp³-hybridized carbons (Fsp3) is 0.462. The molecule has 2 amide bonds. The zero-order valence-electron chi connectivity index (χ0n) is 10.8. The Labute approximate surface area is 111 Å². The lowest BCUT2D eigenvalue weighted by molar-refractivity contribution is -0.125. The van der Waals surface area contributed by atoms with Crippen LogP contribution in [0.4, 0.5) is 5.69 Å². The molecule has 1 aliphatic heterocycles. The maximum atomic E-state index is 12.1. The van der Waals surface area contributed by atoms with Gasteiger partial charge in [0, 0.05) is 19.1 Å². The molecule has 3 N–H and O–H groups in total. The van der Waals surface area contributed by atoms with Gasteiger partial charge in [-0.25, -0.2) is 4.98 Å². The standard InChI is InChI=1S/C13H17N3O3/c1-8-7-19-5-4-10(8)13(18)16-9-2-3-11(12(14)17)15-6-9/h2-3,6,8,10H,4-5,7H2,1H3,(H2,14,17)(H,16,18). The molecule has 0 aliphatic carbocycles. The van der Waals surface area contributed by atoms with E-state index in [9.17, 15) is 9.59 Å². The lowest BCUT2D eigenvalue weighted by atomic mass is 9.89. The number of pyridine rings is 1. The normalized spacial score (nSPS) is 22.8. The predicted molar refractivity (Wildman–Crippen MR) is 69.5 cm³/mol. The molecule has 0 spiro atoms. The van der Waals surface area contributed by atoms with Gasteiger partial charge >= 0.3 is 0 Å². The number of hydrogen-bond acceptors (Lipinski definition) is 4. The van der Waals surface area contributed by atoms with Crippen molar-refractivity contribution in [3.63, 3.8) is 0 Å². The Balaban J connectivity index is 2.00. The average Bonchev–Trinajstić information content (AvgIpc) is 2.39. The Hall–Kier alpha value is -1.95. The Morgan fingerprint density at radius 3 is 2.84 bits per heavy atom. The highest BCUT2D eigenvalue weighted by Crippen LogP contribution is 2.22. The van der Waals surface area contributed by atoms with Crippen LogP contribution in [0.15, 0.2) is 18.3 Å². The fourth-order valence-electron chi connectivity index (χ4n) is 2.12. The first kappa shape index (κ1) is 13.5. The topological polar surface area (TPSA) is 94.3 Å². The summed E-state index contributed by atoms with van der Waals surface area (Å²) in [6.45, 7) is 3.22. The van der Waals surface area contributed by atoms with Gasteiger partial charge in [0.25, 0.3) is 5.91 Å². The Kier molecular flexibility index (Phi) is 4.11. The molecule has 2 rings (SSSR count). The smallest absolute Gasteiger partial charge is 0.267 e. The molecule has 0 saturated carbocycles. The zero-order chi connectivity index (χ0) is 13.8. The Morgan fingerprint density at radius 2 is 2.26 bits per heavy atom. The van der Waals surface area contributed by atoms with Crippen LogP contribution in [-0.2, 0) is 9.53 Å². The van der Waals surface area contributed by atoms with Crippen LogP contribution in [0.3, 0.4) is 0 Å². The maximum absolute atomic E-state index is 12.1. The second-order valence-corrected chi connectivity index (χ2v) is 4.73. The van der Waals surface area contributed by atoms with E-state index < -0.39 is 5.91 Å². The van der Waals surface area contributed by atoms with Crippen molar-refractivity contribution in [3.05, 3.63) is 24.0 Å². The largest absolute Gasteiger partial charge is 0.381 e. The highest BCUT2D eigenvalue weighted by Gasteiger charge is 2.28. The molecule has 2 heterocycles. The van der Waals surface area contributed by atoms with Crippen molar-refractivity contribution in [2.45, 2.75) is 13.3 Å². The van der Waals surface area contributed by atoms with Gasteiger partial charge in [-0.05, 0) is 24.5 Å². The number of amides is 2. The van der Waals surface area contributed by atoms with Crippen LogP contribution >= 0.6 is 0 Å². The number of nitrogens with two attached hydrogens (primary N) is 1. The summed E-state index contributed by atoms with van der Waals surface area (Å²) in [5.74, 6) is -0.475. The lowest BCUT2D eigenvalue weighted by Crippen LogP contribution is -2.35. The van der Waals surface area contributed by atoms with Gasteiger partial charge in [0.2, 0.25) is 5.91 Å². The lowest BCUT2D eigenvalue weighted by Gasteiger charge is -2.27. The minimum atomic E-state index is -0.587. The molecule has 1 fully saturated rings. The van der Waals surface area contributed by atoms with Crippen molar-refractivity contribution < 1.29 is 14.3 Å². The second-order valence-electron chi connectivity index (χ2n) is 4.73. The maximum Gasteiger partial charge on any atom is 0.267 e. The first-order valence-corrected chi connectivity index (χ1v) is 6.22. The van der Waals surface area contributed by atoms with Gasteiger partial charge in [0.05, 0.1) is 11.9 Å².